The molecule has 0 radical (unpaired) electrons. The van der Waals surface area contributed by atoms with Crippen molar-refractivity contribution < 1.29 is 19.1 Å². The van der Waals surface area contributed by atoms with Gasteiger partial charge in [0.25, 0.3) is 0 Å². The maximum Gasteiger partial charge on any atom is 0.340 e. The monoisotopic (exact) mass is 430 g/mol. The highest BCUT2D eigenvalue weighted by atomic mass is 19.1. The average Bonchev–Trinajstić information content (AvgIpc) is 2.79. The summed E-state index contributed by atoms with van der Waals surface area (Å²) in [6, 6.07) is 21.3. The summed E-state index contributed by atoms with van der Waals surface area (Å²) >= 11 is 0. The fourth-order valence-corrected chi connectivity index (χ4v) is 3.92. The van der Waals surface area contributed by atoms with Gasteiger partial charge in [0.15, 0.2) is 0 Å². The number of carbonyl (C=O) groups excluding carboxylic acids is 1. The second-order valence-corrected chi connectivity index (χ2v) is 7.79. The summed E-state index contributed by atoms with van der Waals surface area (Å²) < 4.78 is 13.8. The number of aliphatic carboxylic acids is 1. The normalized spacial score (nSPS) is 17.0. The number of carboxylic acid groups (broad SMARTS) is 1. The number of anilines is 1. The Hall–Kier alpha value is -3.93. The van der Waals surface area contributed by atoms with Gasteiger partial charge in [-0.2, -0.15) is 0 Å². The molecule has 1 atom stereocenters. The van der Waals surface area contributed by atoms with E-state index in [0.717, 1.165) is 11.1 Å². The standard InChI is InChI=1S/C26H23FN2O3/c1-17(30)13-14-28-24-16-20-15-22(27)11-12-23(20)29-26(24,25(31)32)21-9-7-19(8-10-21)18-5-3-2-4-6-18/h2-12,15-16,28-29H,13-14H2,1H3,(H,31,32). The van der Waals surface area contributed by atoms with E-state index in [1.807, 2.05) is 42.5 Å². The number of hydrogen-bond acceptors (Lipinski definition) is 4. The molecular formula is C26H23FN2O3. The van der Waals surface area contributed by atoms with Crippen molar-refractivity contribution in [3.05, 3.63) is 95.4 Å². The molecule has 162 valence electrons. The summed E-state index contributed by atoms with van der Waals surface area (Å²) in [6.07, 6.45) is 1.88. The van der Waals surface area contributed by atoms with Gasteiger partial charge in [0.1, 0.15) is 11.6 Å². The van der Waals surface area contributed by atoms with Crippen molar-refractivity contribution >= 4 is 23.5 Å². The number of halogens is 1. The molecule has 3 aromatic carbocycles. The Labute approximate surface area is 185 Å². The predicted molar refractivity (Wildman–Crippen MR) is 122 cm³/mol. The van der Waals surface area contributed by atoms with Gasteiger partial charge < -0.3 is 15.7 Å². The largest absolute Gasteiger partial charge is 0.479 e. The molecule has 0 spiro atoms. The first-order valence-corrected chi connectivity index (χ1v) is 10.3. The second kappa shape index (κ2) is 8.67. The van der Waals surface area contributed by atoms with Gasteiger partial charge in [0.2, 0.25) is 5.54 Å². The molecule has 0 bridgehead atoms. The quantitative estimate of drug-likeness (QED) is 0.502. The molecule has 0 aliphatic carbocycles. The molecule has 4 rings (SSSR count). The Kier molecular flexibility index (Phi) is 5.77. The third kappa shape index (κ3) is 3.99. The summed E-state index contributed by atoms with van der Waals surface area (Å²) in [5.41, 5.74) is 2.28. The molecule has 0 amide bonds. The van der Waals surface area contributed by atoms with Crippen molar-refractivity contribution in [3.63, 3.8) is 0 Å². The van der Waals surface area contributed by atoms with Gasteiger partial charge in [-0.05, 0) is 47.9 Å². The lowest BCUT2D eigenvalue weighted by atomic mass is 9.81. The predicted octanol–water partition coefficient (Wildman–Crippen LogP) is 4.81. The SMILES string of the molecule is CC(=O)CCNC1=Cc2cc(F)ccc2NC1(C(=O)O)c1ccc(-c2ccccc2)cc1. The number of ketones is 1. The van der Waals surface area contributed by atoms with E-state index in [9.17, 15) is 19.1 Å². The van der Waals surface area contributed by atoms with Gasteiger partial charge in [0, 0.05) is 24.2 Å². The molecule has 32 heavy (non-hydrogen) atoms. The number of hydrogen-bond donors (Lipinski definition) is 3. The molecule has 0 fully saturated rings. The maximum atomic E-state index is 13.8. The van der Waals surface area contributed by atoms with Crippen LogP contribution in [0.25, 0.3) is 17.2 Å². The van der Waals surface area contributed by atoms with Crippen LogP contribution in [0, 0.1) is 5.82 Å². The molecule has 5 nitrogen and oxygen atoms in total. The lowest BCUT2D eigenvalue weighted by Gasteiger charge is -2.38. The van der Waals surface area contributed by atoms with Crippen LogP contribution >= 0.6 is 0 Å². The van der Waals surface area contributed by atoms with Crippen LogP contribution in [0.1, 0.15) is 24.5 Å². The van der Waals surface area contributed by atoms with Gasteiger partial charge in [0.05, 0.1) is 5.70 Å². The minimum absolute atomic E-state index is 0.0125. The minimum Gasteiger partial charge on any atom is -0.479 e. The summed E-state index contributed by atoms with van der Waals surface area (Å²) in [6.45, 7) is 1.75. The number of carbonyl (C=O) groups is 2. The van der Waals surface area contributed by atoms with Crippen LogP contribution in [0.5, 0.6) is 0 Å². The fraction of sp³-hybridized carbons (Fsp3) is 0.154. The third-order valence-electron chi connectivity index (χ3n) is 5.58. The van der Waals surface area contributed by atoms with E-state index in [1.54, 1.807) is 18.2 Å². The van der Waals surface area contributed by atoms with Crippen LogP contribution in [-0.4, -0.2) is 23.4 Å². The van der Waals surface area contributed by atoms with Crippen molar-refractivity contribution in [3.8, 4) is 11.1 Å². The Balaban J connectivity index is 1.79. The van der Waals surface area contributed by atoms with Crippen molar-refractivity contribution in [2.75, 3.05) is 11.9 Å². The van der Waals surface area contributed by atoms with Crippen molar-refractivity contribution in [1.29, 1.82) is 0 Å². The first-order valence-electron chi connectivity index (χ1n) is 10.3. The van der Waals surface area contributed by atoms with Crippen LogP contribution < -0.4 is 10.6 Å². The number of rotatable bonds is 7. The molecule has 3 N–H and O–H groups in total. The summed E-state index contributed by atoms with van der Waals surface area (Å²) in [5, 5.41) is 16.6. The molecule has 1 aliphatic heterocycles. The van der Waals surface area contributed by atoms with Gasteiger partial charge in [-0.1, -0.05) is 54.6 Å². The zero-order valence-corrected chi connectivity index (χ0v) is 17.6. The lowest BCUT2D eigenvalue weighted by Crippen LogP contribution is -2.50. The first-order chi connectivity index (χ1) is 15.4. The van der Waals surface area contributed by atoms with Gasteiger partial charge in [-0.25, -0.2) is 9.18 Å². The summed E-state index contributed by atoms with van der Waals surface area (Å²) in [4.78, 5) is 24.2. The Morgan fingerprint density at radius 2 is 1.69 bits per heavy atom. The number of fused-ring (bicyclic) bond motifs is 1. The summed E-state index contributed by atoms with van der Waals surface area (Å²) in [5.74, 6) is -1.54. The molecule has 1 unspecified atom stereocenters. The van der Waals surface area contributed by atoms with Crippen molar-refractivity contribution in [1.82, 2.24) is 5.32 Å². The average molecular weight is 430 g/mol. The van der Waals surface area contributed by atoms with E-state index in [1.165, 1.54) is 25.1 Å². The summed E-state index contributed by atoms with van der Waals surface area (Å²) in [7, 11) is 0. The molecular weight excluding hydrogens is 407 g/mol. The van der Waals surface area contributed by atoms with Crippen LogP contribution in [0.15, 0.2) is 78.5 Å². The van der Waals surface area contributed by atoms with E-state index in [2.05, 4.69) is 10.6 Å². The second-order valence-electron chi connectivity index (χ2n) is 7.79. The van der Waals surface area contributed by atoms with Crippen LogP contribution in [0.2, 0.25) is 0 Å². The molecule has 1 aliphatic rings. The molecule has 0 saturated carbocycles. The fourth-order valence-electron chi connectivity index (χ4n) is 3.92. The Bertz CT molecular complexity index is 1190. The van der Waals surface area contributed by atoms with Crippen LogP contribution in [0.3, 0.4) is 0 Å². The number of carboxylic acids is 1. The van der Waals surface area contributed by atoms with E-state index < -0.39 is 17.3 Å². The van der Waals surface area contributed by atoms with Gasteiger partial charge in [-0.3, -0.25) is 4.79 Å². The highest BCUT2D eigenvalue weighted by Gasteiger charge is 2.46. The molecule has 6 heteroatoms. The van der Waals surface area contributed by atoms with E-state index in [4.69, 9.17) is 0 Å². The topological polar surface area (TPSA) is 78.4 Å². The first kappa shape index (κ1) is 21.3. The highest BCUT2D eigenvalue weighted by Crippen LogP contribution is 2.40. The van der Waals surface area contributed by atoms with Gasteiger partial charge >= 0.3 is 5.97 Å². The minimum atomic E-state index is -1.61. The zero-order valence-electron chi connectivity index (χ0n) is 17.6. The highest BCUT2D eigenvalue weighted by molar-refractivity contribution is 5.94. The van der Waals surface area contributed by atoms with Crippen molar-refractivity contribution in [2.45, 2.75) is 18.9 Å². The third-order valence-corrected chi connectivity index (χ3v) is 5.58. The van der Waals surface area contributed by atoms with E-state index >= 15 is 0 Å². The molecule has 0 saturated heterocycles. The van der Waals surface area contributed by atoms with Crippen molar-refractivity contribution in [2.24, 2.45) is 0 Å². The molecule has 0 aromatic heterocycles. The smallest absolute Gasteiger partial charge is 0.340 e. The number of Topliss-reactive ketones (excluding diaryl/α,β-unsaturated/α-hetero) is 1. The number of nitrogens with one attached hydrogen (secondary N) is 2. The number of benzene rings is 3. The maximum absolute atomic E-state index is 13.8. The van der Waals surface area contributed by atoms with Crippen LogP contribution in [-0.2, 0) is 15.1 Å². The lowest BCUT2D eigenvalue weighted by molar-refractivity contribution is -0.141. The van der Waals surface area contributed by atoms with E-state index in [0.29, 0.717) is 22.5 Å². The van der Waals surface area contributed by atoms with E-state index in [-0.39, 0.29) is 18.7 Å². The van der Waals surface area contributed by atoms with Crippen LogP contribution in [0.4, 0.5) is 10.1 Å². The molecule has 1 heterocycles. The Morgan fingerprint density at radius 3 is 2.34 bits per heavy atom. The Morgan fingerprint density at radius 1 is 1.00 bits per heavy atom. The van der Waals surface area contributed by atoms with Gasteiger partial charge in [-0.15, -0.1) is 0 Å². The molecule has 3 aromatic rings. The zero-order chi connectivity index (χ0) is 22.7.